The monoisotopic (exact) mass is 913 g/mol. The van der Waals surface area contributed by atoms with Crippen LogP contribution in [-0.4, -0.2) is 37.2 Å². The summed E-state index contributed by atoms with van der Waals surface area (Å²) in [5, 5.41) is 0. The number of carbonyl (C=O) groups excluding carboxylic acids is 3. The van der Waals surface area contributed by atoms with Gasteiger partial charge in [-0.3, -0.25) is 14.4 Å². The first kappa shape index (κ1) is 62.6. The van der Waals surface area contributed by atoms with Gasteiger partial charge in [-0.25, -0.2) is 0 Å². The van der Waals surface area contributed by atoms with Crippen LogP contribution in [0.15, 0.2) is 36.5 Å². The molecule has 0 aliphatic heterocycles. The first-order valence-corrected chi connectivity index (χ1v) is 28.5. The zero-order valence-corrected chi connectivity index (χ0v) is 43.5. The lowest BCUT2D eigenvalue weighted by atomic mass is 10.0. The molecule has 0 heterocycles. The Labute approximate surface area is 404 Å². The lowest BCUT2D eigenvalue weighted by Crippen LogP contribution is -2.30. The van der Waals surface area contributed by atoms with Crippen molar-refractivity contribution in [3.63, 3.8) is 0 Å². The molecule has 0 rings (SSSR count). The topological polar surface area (TPSA) is 78.9 Å². The molecule has 0 aromatic carbocycles. The minimum Gasteiger partial charge on any atom is -0.462 e. The quantitative estimate of drug-likeness (QED) is 0.0262. The largest absolute Gasteiger partial charge is 0.462 e. The smallest absolute Gasteiger partial charge is 0.306 e. The highest BCUT2D eigenvalue weighted by Gasteiger charge is 2.19. The van der Waals surface area contributed by atoms with Crippen LogP contribution in [0.5, 0.6) is 0 Å². The maximum absolute atomic E-state index is 12.8. The van der Waals surface area contributed by atoms with Crippen molar-refractivity contribution in [2.75, 3.05) is 13.2 Å². The molecule has 0 bridgehead atoms. The fourth-order valence-electron chi connectivity index (χ4n) is 8.40. The number of rotatable bonds is 52. The molecule has 0 spiro atoms. The molecular weight excluding hydrogens is 805 g/mol. The van der Waals surface area contributed by atoms with Crippen LogP contribution in [0.2, 0.25) is 0 Å². The normalized spacial score (nSPS) is 12.2. The fourth-order valence-corrected chi connectivity index (χ4v) is 8.40. The van der Waals surface area contributed by atoms with Crippen molar-refractivity contribution in [3.05, 3.63) is 36.5 Å². The van der Waals surface area contributed by atoms with E-state index in [1.807, 2.05) is 0 Å². The van der Waals surface area contributed by atoms with Gasteiger partial charge in [-0.1, -0.05) is 269 Å². The average molecular weight is 914 g/mol. The Morgan fingerprint density at radius 1 is 0.323 bits per heavy atom. The molecule has 0 radical (unpaired) electrons. The van der Waals surface area contributed by atoms with E-state index in [4.69, 9.17) is 14.2 Å². The van der Waals surface area contributed by atoms with E-state index in [1.165, 1.54) is 180 Å². The molecule has 6 nitrogen and oxygen atoms in total. The average Bonchev–Trinajstić information content (AvgIpc) is 3.30. The van der Waals surface area contributed by atoms with E-state index < -0.39 is 6.10 Å². The highest BCUT2D eigenvalue weighted by molar-refractivity contribution is 5.71. The fraction of sp³-hybridized carbons (Fsp3) is 0.847. The molecule has 0 amide bonds. The number of hydrogen-bond acceptors (Lipinski definition) is 6. The summed E-state index contributed by atoms with van der Waals surface area (Å²) in [5.74, 6) is -0.861. The summed E-state index contributed by atoms with van der Waals surface area (Å²) < 4.78 is 16.9. The zero-order valence-electron chi connectivity index (χ0n) is 43.5. The molecular formula is C59H108O6. The summed E-state index contributed by atoms with van der Waals surface area (Å²) >= 11 is 0. The molecule has 65 heavy (non-hydrogen) atoms. The molecule has 0 aromatic rings. The number of ether oxygens (including phenoxy) is 3. The van der Waals surface area contributed by atoms with Crippen LogP contribution in [0.1, 0.15) is 303 Å². The Kier molecular flexibility index (Phi) is 52.3. The summed E-state index contributed by atoms with van der Waals surface area (Å²) in [5.41, 5.74) is 0. The van der Waals surface area contributed by atoms with Crippen LogP contribution in [0.25, 0.3) is 0 Å². The lowest BCUT2D eigenvalue weighted by Gasteiger charge is -2.18. The molecule has 0 aliphatic carbocycles. The van der Waals surface area contributed by atoms with Crippen molar-refractivity contribution in [1.29, 1.82) is 0 Å². The van der Waals surface area contributed by atoms with Gasteiger partial charge in [0.15, 0.2) is 6.10 Å². The SMILES string of the molecule is CC/C=C\C/C=C\C/C=C\CCCCCCCCCC(=O)OCC(COC(=O)CCCCCCCCCCCCCCCC)OC(=O)CCCCCCCCCCCCCCCCCC. The first-order chi connectivity index (χ1) is 32.0. The van der Waals surface area contributed by atoms with Crippen LogP contribution < -0.4 is 0 Å². The van der Waals surface area contributed by atoms with E-state index in [0.717, 1.165) is 83.5 Å². The van der Waals surface area contributed by atoms with E-state index >= 15 is 0 Å². The van der Waals surface area contributed by atoms with Gasteiger partial charge >= 0.3 is 17.9 Å². The number of esters is 3. The van der Waals surface area contributed by atoms with Gasteiger partial charge < -0.3 is 14.2 Å². The van der Waals surface area contributed by atoms with E-state index in [2.05, 4.69) is 57.2 Å². The molecule has 0 aliphatic rings. The predicted octanol–water partition coefficient (Wildman–Crippen LogP) is 18.9. The number of unbranched alkanes of at least 4 members (excludes halogenated alkanes) is 35. The molecule has 0 fully saturated rings. The summed E-state index contributed by atoms with van der Waals surface area (Å²) in [7, 11) is 0. The molecule has 0 saturated heterocycles. The highest BCUT2D eigenvalue weighted by Crippen LogP contribution is 2.17. The molecule has 1 unspecified atom stereocenters. The second-order valence-electron chi connectivity index (χ2n) is 19.2. The summed E-state index contributed by atoms with van der Waals surface area (Å²) in [6.45, 7) is 6.57. The molecule has 0 aromatic heterocycles. The third kappa shape index (κ3) is 52.5. The molecule has 0 saturated carbocycles. The van der Waals surface area contributed by atoms with Gasteiger partial charge in [0.25, 0.3) is 0 Å². The highest BCUT2D eigenvalue weighted by atomic mass is 16.6. The van der Waals surface area contributed by atoms with Crippen LogP contribution in [0, 0.1) is 0 Å². The minimum atomic E-state index is -0.771. The van der Waals surface area contributed by atoms with Crippen molar-refractivity contribution in [3.8, 4) is 0 Å². The van der Waals surface area contributed by atoms with E-state index in [0.29, 0.717) is 19.3 Å². The molecule has 1 atom stereocenters. The van der Waals surface area contributed by atoms with Crippen LogP contribution >= 0.6 is 0 Å². The first-order valence-electron chi connectivity index (χ1n) is 28.5. The predicted molar refractivity (Wildman–Crippen MR) is 279 cm³/mol. The summed E-state index contributed by atoms with van der Waals surface area (Å²) in [4.78, 5) is 38.1. The Balaban J connectivity index is 4.34. The second kappa shape index (κ2) is 54.2. The van der Waals surface area contributed by atoms with Crippen molar-refractivity contribution in [2.24, 2.45) is 0 Å². The molecule has 380 valence electrons. The van der Waals surface area contributed by atoms with E-state index in [9.17, 15) is 14.4 Å². The Hall–Kier alpha value is -2.37. The Bertz CT molecular complexity index is 1090. The van der Waals surface area contributed by atoms with Gasteiger partial charge in [-0.05, 0) is 51.4 Å². The molecule has 0 N–H and O–H groups in total. The van der Waals surface area contributed by atoms with Crippen LogP contribution in [-0.2, 0) is 28.6 Å². The summed E-state index contributed by atoms with van der Waals surface area (Å²) in [6.07, 6.45) is 64.1. The maximum atomic E-state index is 12.8. The second-order valence-corrected chi connectivity index (χ2v) is 19.2. The van der Waals surface area contributed by atoms with Gasteiger partial charge in [0.2, 0.25) is 0 Å². The van der Waals surface area contributed by atoms with Gasteiger partial charge in [-0.15, -0.1) is 0 Å². The van der Waals surface area contributed by atoms with Gasteiger partial charge in [0.1, 0.15) is 13.2 Å². The third-order valence-electron chi connectivity index (χ3n) is 12.7. The van der Waals surface area contributed by atoms with Gasteiger partial charge in [0, 0.05) is 19.3 Å². The minimum absolute atomic E-state index is 0.0702. The van der Waals surface area contributed by atoms with E-state index in [1.54, 1.807) is 0 Å². The lowest BCUT2D eigenvalue weighted by molar-refractivity contribution is -0.167. The van der Waals surface area contributed by atoms with Crippen molar-refractivity contribution < 1.29 is 28.6 Å². The van der Waals surface area contributed by atoms with Crippen LogP contribution in [0.4, 0.5) is 0 Å². The Morgan fingerprint density at radius 2 is 0.600 bits per heavy atom. The van der Waals surface area contributed by atoms with Crippen LogP contribution in [0.3, 0.4) is 0 Å². The molecule has 6 heteroatoms. The van der Waals surface area contributed by atoms with Gasteiger partial charge in [-0.2, -0.15) is 0 Å². The Morgan fingerprint density at radius 3 is 0.938 bits per heavy atom. The van der Waals surface area contributed by atoms with Crippen molar-refractivity contribution in [2.45, 2.75) is 309 Å². The van der Waals surface area contributed by atoms with Crippen molar-refractivity contribution in [1.82, 2.24) is 0 Å². The van der Waals surface area contributed by atoms with E-state index in [-0.39, 0.29) is 31.1 Å². The third-order valence-corrected chi connectivity index (χ3v) is 12.7. The van der Waals surface area contributed by atoms with Gasteiger partial charge in [0.05, 0.1) is 0 Å². The number of hydrogen-bond donors (Lipinski definition) is 0. The summed E-state index contributed by atoms with van der Waals surface area (Å²) in [6, 6.07) is 0. The van der Waals surface area contributed by atoms with Crippen molar-refractivity contribution >= 4 is 17.9 Å². The maximum Gasteiger partial charge on any atom is 0.306 e. The standard InChI is InChI=1S/C59H108O6/c1-4-7-10-13-16-19-22-25-28-30-32-34-37-40-43-46-49-52-58(61)64-55-56(54-63-57(60)51-48-45-42-39-36-33-27-24-21-18-15-12-9-6-3)65-59(62)53-50-47-44-41-38-35-31-29-26-23-20-17-14-11-8-5-2/h7,10,16,19,25,28,56H,4-6,8-9,11-15,17-18,20-24,26-27,29-55H2,1-3H3/b10-7-,19-16-,28-25-. The number of allylic oxidation sites excluding steroid dienone is 6. The zero-order chi connectivity index (χ0) is 47.2. The number of carbonyl (C=O) groups is 3.